The molecule has 0 saturated heterocycles. The number of hydrogen-bond acceptors (Lipinski definition) is 2. The van der Waals surface area contributed by atoms with E-state index >= 15 is 0 Å². The van der Waals surface area contributed by atoms with Gasteiger partial charge in [-0.3, -0.25) is 4.79 Å². The lowest BCUT2D eigenvalue weighted by molar-refractivity contribution is -0.153. The molecule has 0 aliphatic heterocycles. The van der Waals surface area contributed by atoms with E-state index in [9.17, 15) is 9.59 Å². The van der Waals surface area contributed by atoms with Gasteiger partial charge in [-0.1, -0.05) is 6.42 Å². The van der Waals surface area contributed by atoms with Gasteiger partial charge in [-0.2, -0.15) is 0 Å². The van der Waals surface area contributed by atoms with Gasteiger partial charge in [0.15, 0.2) is 0 Å². The number of carboxylic acids is 1. The molecule has 0 aromatic carbocycles. The summed E-state index contributed by atoms with van der Waals surface area (Å²) in [5.74, 6) is -0.807. The third-order valence-corrected chi connectivity index (χ3v) is 2.77. The van der Waals surface area contributed by atoms with Crippen molar-refractivity contribution < 1.29 is 14.7 Å². The van der Waals surface area contributed by atoms with Gasteiger partial charge in [0.2, 0.25) is 0 Å². The van der Waals surface area contributed by atoms with Crippen LogP contribution in [0, 0.1) is 5.41 Å². The number of nitrogens with one attached hydrogen (secondary N) is 2. The number of urea groups is 1. The van der Waals surface area contributed by atoms with Crippen molar-refractivity contribution in [3.8, 4) is 0 Å². The van der Waals surface area contributed by atoms with Gasteiger partial charge in [0.1, 0.15) is 0 Å². The van der Waals surface area contributed by atoms with Crippen molar-refractivity contribution in [2.24, 2.45) is 5.41 Å². The van der Waals surface area contributed by atoms with Crippen LogP contribution in [0.3, 0.4) is 0 Å². The molecule has 2 amide bonds. The van der Waals surface area contributed by atoms with E-state index in [1.54, 1.807) is 0 Å². The molecule has 1 fully saturated rings. The summed E-state index contributed by atoms with van der Waals surface area (Å²) < 4.78 is 0. The third kappa shape index (κ3) is 2.84. The van der Waals surface area contributed by atoms with Gasteiger partial charge in [-0.15, -0.1) is 0 Å². The fourth-order valence-corrected chi connectivity index (χ4v) is 1.63. The Bertz CT molecular complexity index is 259. The molecule has 5 heteroatoms. The Morgan fingerprint density at radius 2 is 2.00 bits per heavy atom. The van der Waals surface area contributed by atoms with Gasteiger partial charge in [0.05, 0.1) is 5.41 Å². The lowest BCUT2D eigenvalue weighted by Crippen LogP contribution is -2.50. The second-order valence-electron chi connectivity index (χ2n) is 4.42. The van der Waals surface area contributed by atoms with Gasteiger partial charge >= 0.3 is 12.0 Å². The Hall–Kier alpha value is -1.26. The number of carbonyl (C=O) groups excluding carboxylic acids is 1. The highest BCUT2D eigenvalue weighted by atomic mass is 16.4. The van der Waals surface area contributed by atoms with Gasteiger partial charge in [-0.05, 0) is 26.7 Å². The standard InChI is InChI=1S/C10H18N2O3/c1-7(2)12-9(15)11-6-10(8(13)14)4-3-5-10/h7H,3-6H2,1-2H3,(H,13,14)(H2,11,12,15). The zero-order valence-electron chi connectivity index (χ0n) is 9.17. The average Bonchev–Trinajstić information content (AvgIpc) is 1.99. The topological polar surface area (TPSA) is 78.4 Å². The lowest BCUT2D eigenvalue weighted by Gasteiger charge is -2.37. The van der Waals surface area contributed by atoms with E-state index in [0.717, 1.165) is 6.42 Å². The number of carbonyl (C=O) groups is 2. The molecule has 0 unspecified atom stereocenters. The maximum absolute atomic E-state index is 11.2. The first-order valence-electron chi connectivity index (χ1n) is 5.24. The second-order valence-corrected chi connectivity index (χ2v) is 4.42. The summed E-state index contributed by atoms with van der Waals surface area (Å²) in [6.45, 7) is 3.94. The van der Waals surface area contributed by atoms with Crippen LogP contribution in [-0.2, 0) is 4.79 Å². The maximum atomic E-state index is 11.2. The molecule has 0 aromatic heterocycles. The Labute approximate surface area is 89.2 Å². The lowest BCUT2D eigenvalue weighted by atomic mass is 9.69. The van der Waals surface area contributed by atoms with Crippen LogP contribution in [-0.4, -0.2) is 29.7 Å². The van der Waals surface area contributed by atoms with Crippen molar-refractivity contribution in [1.82, 2.24) is 10.6 Å². The van der Waals surface area contributed by atoms with Gasteiger partial charge in [0.25, 0.3) is 0 Å². The summed E-state index contributed by atoms with van der Waals surface area (Å²) in [5, 5.41) is 14.3. The minimum Gasteiger partial charge on any atom is -0.481 e. The molecule has 0 spiro atoms. The van der Waals surface area contributed by atoms with E-state index in [2.05, 4.69) is 10.6 Å². The molecule has 5 nitrogen and oxygen atoms in total. The number of aliphatic carboxylic acids is 1. The first kappa shape index (κ1) is 11.8. The molecular formula is C10H18N2O3. The molecule has 0 radical (unpaired) electrons. The van der Waals surface area contributed by atoms with Crippen LogP contribution in [0.5, 0.6) is 0 Å². The van der Waals surface area contributed by atoms with E-state index in [0.29, 0.717) is 12.8 Å². The molecule has 86 valence electrons. The summed E-state index contributed by atoms with van der Waals surface area (Å²) in [6.07, 6.45) is 2.24. The van der Waals surface area contributed by atoms with Crippen LogP contribution < -0.4 is 10.6 Å². The first-order chi connectivity index (χ1) is 6.96. The predicted molar refractivity (Wildman–Crippen MR) is 55.6 cm³/mol. The first-order valence-corrected chi connectivity index (χ1v) is 5.24. The van der Waals surface area contributed by atoms with Crippen molar-refractivity contribution in [2.45, 2.75) is 39.2 Å². The third-order valence-electron chi connectivity index (χ3n) is 2.77. The van der Waals surface area contributed by atoms with E-state index < -0.39 is 11.4 Å². The Balaban J connectivity index is 2.35. The van der Waals surface area contributed by atoms with Crippen molar-refractivity contribution in [3.05, 3.63) is 0 Å². The van der Waals surface area contributed by atoms with Crippen molar-refractivity contribution in [3.63, 3.8) is 0 Å². The van der Waals surface area contributed by atoms with E-state index in [1.165, 1.54) is 0 Å². The summed E-state index contributed by atoms with van der Waals surface area (Å²) >= 11 is 0. The molecule has 1 aliphatic carbocycles. The molecule has 3 N–H and O–H groups in total. The Morgan fingerprint density at radius 3 is 2.33 bits per heavy atom. The molecule has 15 heavy (non-hydrogen) atoms. The summed E-state index contributed by atoms with van der Waals surface area (Å²) in [5.41, 5.74) is -0.714. The average molecular weight is 214 g/mol. The highest BCUT2D eigenvalue weighted by Crippen LogP contribution is 2.40. The quantitative estimate of drug-likeness (QED) is 0.652. The normalized spacial score (nSPS) is 18.1. The summed E-state index contributed by atoms with van der Waals surface area (Å²) in [4.78, 5) is 22.2. The van der Waals surface area contributed by atoms with Crippen LogP contribution in [0.1, 0.15) is 33.1 Å². The zero-order valence-corrected chi connectivity index (χ0v) is 9.17. The number of rotatable bonds is 4. The highest BCUT2D eigenvalue weighted by Gasteiger charge is 2.44. The SMILES string of the molecule is CC(C)NC(=O)NCC1(C(=O)O)CCC1. The predicted octanol–water partition coefficient (Wildman–Crippen LogP) is 0.949. The van der Waals surface area contributed by atoms with Gasteiger partial charge in [-0.25, -0.2) is 4.79 Å². The van der Waals surface area contributed by atoms with E-state index in [-0.39, 0.29) is 18.6 Å². The number of carboxylic acid groups (broad SMARTS) is 1. The Kier molecular flexibility index (Phi) is 3.55. The van der Waals surface area contributed by atoms with Crippen LogP contribution in [0.25, 0.3) is 0 Å². The molecular weight excluding hydrogens is 196 g/mol. The van der Waals surface area contributed by atoms with Crippen LogP contribution >= 0.6 is 0 Å². The van der Waals surface area contributed by atoms with Crippen LogP contribution in [0.4, 0.5) is 4.79 Å². The minimum atomic E-state index is -0.807. The summed E-state index contributed by atoms with van der Waals surface area (Å²) in [6, 6.07) is -0.232. The van der Waals surface area contributed by atoms with Crippen molar-refractivity contribution in [1.29, 1.82) is 0 Å². The molecule has 1 rings (SSSR count). The van der Waals surface area contributed by atoms with Crippen molar-refractivity contribution >= 4 is 12.0 Å². The molecule has 1 aliphatic rings. The van der Waals surface area contributed by atoms with Gasteiger partial charge < -0.3 is 15.7 Å². The molecule has 0 aromatic rings. The second kappa shape index (κ2) is 4.51. The Morgan fingerprint density at radius 1 is 1.40 bits per heavy atom. The summed E-state index contributed by atoms with van der Waals surface area (Å²) in [7, 11) is 0. The van der Waals surface area contributed by atoms with E-state index in [4.69, 9.17) is 5.11 Å². The largest absolute Gasteiger partial charge is 0.481 e. The highest BCUT2D eigenvalue weighted by molar-refractivity contribution is 5.78. The number of amides is 2. The fraction of sp³-hybridized carbons (Fsp3) is 0.800. The van der Waals surface area contributed by atoms with Crippen LogP contribution in [0.2, 0.25) is 0 Å². The maximum Gasteiger partial charge on any atom is 0.315 e. The van der Waals surface area contributed by atoms with Gasteiger partial charge in [0, 0.05) is 12.6 Å². The fourth-order valence-electron chi connectivity index (χ4n) is 1.63. The minimum absolute atomic E-state index is 0.0622. The van der Waals surface area contributed by atoms with E-state index in [1.807, 2.05) is 13.8 Å². The van der Waals surface area contributed by atoms with Crippen molar-refractivity contribution in [2.75, 3.05) is 6.54 Å². The van der Waals surface area contributed by atoms with Crippen LogP contribution in [0.15, 0.2) is 0 Å². The monoisotopic (exact) mass is 214 g/mol. The number of hydrogen-bond donors (Lipinski definition) is 3. The smallest absolute Gasteiger partial charge is 0.315 e. The zero-order chi connectivity index (χ0) is 11.5. The molecule has 1 saturated carbocycles. The molecule has 0 heterocycles. The molecule has 0 bridgehead atoms. The molecule has 0 atom stereocenters.